The van der Waals surface area contributed by atoms with Crippen molar-refractivity contribution in [2.24, 2.45) is 0 Å². The van der Waals surface area contributed by atoms with Crippen molar-refractivity contribution in [2.75, 3.05) is 0 Å². The standard InChI is InChI=1S/C14H8Cl2N4/c15-11-7-19-14(16)20-13(11)10-3-1-2-9(6-10)12-8-17-4-5-18-12/h1-8H. The van der Waals surface area contributed by atoms with Crippen LogP contribution in [-0.2, 0) is 0 Å². The van der Waals surface area contributed by atoms with E-state index in [1.54, 1.807) is 18.6 Å². The first kappa shape index (κ1) is 13.0. The van der Waals surface area contributed by atoms with Crippen molar-refractivity contribution in [1.29, 1.82) is 0 Å². The molecule has 0 saturated carbocycles. The summed E-state index contributed by atoms with van der Waals surface area (Å²) in [6.45, 7) is 0. The zero-order chi connectivity index (χ0) is 13.9. The van der Waals surface area contributed by atoms with Crippen LogP contribution >= 0.6 is 23.2 Å². The molecule has 3 aromatic rings. The third-order valence-electron chi connectivity index (χ3n) is 2.71. The number of aromatic nitrogens is 4. The molecule has 1 aromatic carbocycles. The molecule has 6 heteroatoms. The van der Waals surface area contributed by atoms with Crippen LogP contribution in [0.25, 0.3) is 22.5 Å². The van der Waals surface area contributed by atoms with E-state index in [9.17, 15) is 0 Å². The van der Waals surface area contributed by atoms with Gasteiger partial charge in [0.15, 0.2) is 0 Å². The van der Waals surface area contributed by atoms with Gasteiger partial charge in [0.1, 0.15) is 0 Å². The van der Waals surface area contributed by atoms with Gasteiger partial charge in [-0.2, -0.15) is 0 Å². The highest BCUT2D eigenvalue weighted by Crippen LogP contribution is 2.29. The summed E-state index contributed by atoms with van der Waals surface area (Å²) in [5.41, 5.74) is 3.16. The van der Waals surface area contributed by atoms with Crippen LogP contribution in [0.4, 0.5) is 0 Å². The quantitative estimate of drug-likeness (QED) is 0.674. The van der Waals surface area contributed by atoms with Crippen molar-refractivity contribution in [1.82, 2.24) is 19.9 Å². The maximum absolute atomic E-state index is 6.12. The molecule has 4 nitrogen and oxygen atoms in total. The minimum atomic E-state index is 0.161. The molecule has 0 bridgehead atoms. The normalized spacial score (nSPS) is 10.5. The number of rotatable bonds is 2. The van der Waals surface area contributed by atoms with Gasteiger partial charge in [0, 0.05) is 23.5 Å². The third kappa shape index (κ3) is 2.61. The average molecular weight is 303 g/mol. The largest absolute Gasteiger partial charge is 0.261 e. The number of halogens is 2. The summed E-state index contributed by atoms with van der Waals surface area (Å²) in [5.74, 6) is 0. The molecular formula is C14H8Cl2N4. The van der Waals surface area contributed by atoms with Crippen molar-refractivity contribution in [3.63, 3.8) is 0 Å². The van der Waals surface area contributed by atoms with E-state index >= 15 is 0 Å². The predicted octanol–water partition coefficient (Wildman–Crippen LogP) is 3.91. The topological polar surface area (TPSA) is 51.6 Å². The molecule has 98 valence electrons. The lowest BCUT2D eigenvalue weighted by Crippen LogP contribution is -1.90. The van der Waals surface area contributed by atoms with Crippen LogP contribution in [0, 0.1) is 0 Å². The van der Waals surface area contributed by atoms with Crippen LogP contribution in [0.3, 0.4) is 0 Å². The molecule has 0 aliphatic rings. The molecule has 0 radical (unpaired) electrons. The molecule has 0 unspecified atom stereocenters. The zero-order valence-corrected chi connectivity index (χ0v) is 11.7. The van der Waals surface area contributed by atoms with Crippen molar-refractivity contribution in [3.8, 4) is 22.5 Å². The second-order valence-corrected chi connectivity index (χ2v) is 4.75. The van der Waals surface area contributed by atoms with Crippen LogP contribution in [-0.4, -0.2) is 19.9 Å². The Morgan fingerprint density at radius 3 is 2.55 bits per heavy atom. The van der Waals surface area contributed by atoms with E-state index in [2.05, 4.69) is 19.9 Å². The number of benzene rings is 1. The van der Waals surface area contributed by atoms with E-state index in [1.165, 1.54) is 6.20 Å². The Balaban J connectivity index is 2.10. The van der Waals surface area contributed by atoms with Gasteiger partial charge in [-0.3, -0.25) is 9.97 Å². The van der Waals surface area contributed by atoms with Gasteiger partial charge in [-0.05, 0) is 17.7 Å². The summed E-state index contributed by atoms with van der Waals surface area (Å²) in [6, 6.07) is 7.70. The van der Waals surface area contributed by atoms with Gasteiger partial charge in [-0.25, -0.2) is 9.97 Å². The Kier molecular flexibility index (Phi) is 3.58. The monoisotopic (exact) mass is 302 g/mol. The fraction of sp³-hybridized carbons (Fsp3) is 0. The van der Waals surface area contributed by atoms with Crippen LogP contribution in [0.15, 0.2) is 49.1 Å². The summed E-state index contributed by atoms with van der Waals surface area (Å²) in [6.07, 6.45) is 6.47. The molecule has 0 N–H and O–H groups in total. The van der Waals surface area contributed by atoms with Crippen LogP contribution in [0.5, 0.6) is 0 Å². The van der Waals surface area contributed by atoms with E-state index in [0.29, 0.717) is 10.7 Å². The van der Waals surface area contributed by atoms with Crippen LogP contribution in [0.2, 0.25) is 10.3 Å². The van der Waals surface area contributed by atoms with Gasteiger partial charge >= 0.3 is 0 Å². The zero-order valence-electron chi connectivity index (χ0n) is 10.2. The molecule has 0 aliphatic carbocycles. The molecule has 0 amide bonds. The highest BCUT2D eigenvalue weighted by atomic mass is 35.5. The smallest absolute Gasteiger partial charge is 0.222 e. The fourth-order valence-electron chi connectivity index (χ4n) is 1.82. The number of hydrogen-bond acceptors (Lipinski definition) is 4. The first-order chi connectivity index (χ1) is 9.74. The highest BCUT2D eigenvalue weighted by Gasteiger charge is 2.09. The summed E-state index contributed by atoms with van der Waals surface area (Å²) in [4.78, 5) is 16.3. The highest BCUT2D eigenvalue weighted by molar-refractivity contribution is 6.33. The van der Waals surface area contributed by atoms with Gasteiger partial charge in [-0.1, -0.05) is 29.8 Å². The average Bonchev–Trinajstić information content (AvgIpc) is 2.51. The second-order valence-electron chi connectivity index (χ2n) is 4.01. The second kappa shape index (κ2) is 5.53. The summed E-state index contributed by atoms with van der Waals surface area (Å²) < 4.78 is 0. The molecule has 0 atom stereocenters. The number of hydrogen-bond donors (Lipinski definition) is 0. The Morgan fingerprint density at radius 2 is 1.75 bits per heavy atom. The lowest BCUT2D eigenvalue weighted by atomic mass is 10.1. The van der Waals surface area contributed by atoms with E-state index in [4.69, 9.17) is 23.2 Å². The van der Waals surface area contributed by atoms with Crippen molar-refractivity contribution in [3.05, 3.63) is 59.4 Å². The minimum absolute atomic E-state index is 0.161. The van der Waals surface area contributed by atoms with Gasteiger partial charge in [0.2, 0.25) is 5.28 Å². The lowest BCUT2D eigenvalue weighted by molar-refractivity contribution is 1.17. The molecule has 2 heterocycles. The van der Waals surface area contributed by atoms with Crippen molar-refractivity contribution < 1.29 is 0 Å². The molecule has 20 heavy (non-hydrogen) atoms. The molecule has 0 aliphatic heterocycles. The first-order valence-corrected chi connectivity index (χ1v) is 6.54. The molecule has 0 fully saturated rings. The van der Waals surface area contributed by atoms with E-state index in [1.807, 2.05) is 24.3 Å². The Hall–Kier alpha value is -2.04. The molecule has 3 rings (SSSR count). The summed E-state index contributed by atoms with van der Waals surface area (Å²) in [7, 11) is 0. The van der Waals surface area contributed by atoms with Gasteiger partial charge in [-0.15, -0.1) is 0 Å². The first-order valence-electron chi connectivity index (χ1n) is 5.79. The van der Waals surface area contributed by atoms with Gasteiger partial charge in [0.05, 0.1) is 28.8 Å². The molecule has 0 spiro atoms. The number of nitrogens with zero attached hydrogens (tertiary/aromatic N) is 4. The summed E-state index contributed by atoms with van der Waals surface area (Å²) >= 11 is 11.9. The SMILES string of the molecule is Clc1ncc(Cl)c(-c2cccc(-c3cnccn3)c2)n1. The van der Waals surface area contributed by atoms with E-state index < -0.39 is 0 Å². The van der Waals surface area contributed by atoms with Crippen LogP contribution in [0.1, 0.15) is 0 Å². The minimum Gasteiger partial charge on any atom is -0.261 e. The molecule has 2 aromatic heterocycles. The third-order valence-corrected chi connectivity index (χ3v) is 3.17. The van der Waals surface area contributed by atoms with E-state index in [-0.39, 0.29) is 5.28 Å². The van der Waals surface area contributed by atoms with Crippen molar-refractivity contribution in [2.45, 2.75) is 0 Å². The molecular weight excluding hydrogens is 295 g/mol. The molecule has 0 saturated heterocycles. The maximum Gasteiger partial charge on any atom is 0.222 e. The summed E-state index contributed by atoms with van der Waals surface area (Å²) in [5, 5.41) is 0.611. The van der Waals surface area contributed by atoms with Crippen LogP contribution < -0.4 is 0 Å². The van der Waals surface area contributed by atoms with Crippen molar-refractivity contribution >= 4 is 23.2 Å². The Labute approximate surface area is 125 Å². The lowest BCUT2D eigenvalue weighted by Gasteiger charge is -2.06. The fourth-order valence-corrected chi connectivity index (χ4v) is 2.16. The predicted molar refractivity (Wildman–Crippen MR) is 78.5 cm³/mol. The van der Waals surface area contributed by atoms with Gasteiger partial charge < -0.3 is 0 Å². The Morgan fingerprint density at radius 1 is 0.900 bits per heavy atom. The van der Waals surface area contributed by atoms with E-state index in [0.717, 1.165) is 16.8 Å². The Bertz CT molecular complexity index is 747. The van der Waals surface area contributed by atoms with Gasteiger partial charge in [0.25, 0.3) is 0 Å². The maximum atomic E-state index is 6.12.